The molecule has 0 aliphatic carbocycles. The van der Waals surface area contributed by atoms with Crippen LogP contribution in [0.25, 0.3) is 0 Å². The van der Waals surface area contributed by atoms with Gasteiger partial charge < -0.3 is 40.3 Å². The summed E-state index contributed by atoms with van der Waals surface area (Å²) in [6, 6.07) is 25.3. The second-order valence-corrected chi connectivity index (χ2v) is 11.7. The maximum Gasteiger partial charge on any atom is 0.319 e. The Hall–Kier alpha value is -3.96. The van der Waals surface area contributed by atoms with Crippen molar-refractivity contribution >= 4 is 23.3 Å². The molecule has 10 nitrogen and oxygen atoms in total. The highest BCUT2D eigenvalue weighted by molar-refractivity contribution is 5.93. The third-order valence-corrected chi connectivity index (χ3v) is 8.94. The molecule has 4 N–H and O–H groups in total. The Balaban J connectivity index is 1.15. The van der Waals surface area contributed by atoms with Gasteiger partial charge in [-0.15, -0.1) is 0 Å². The second kappa shape index (κ2) is 13.4. The van der Waals surface area contributed by atoms with Crippen molar-refractivity contribution in [2.75, 3.05) is 43.1 Å². The van der Waals surface area contributed by atoms with Crippen LogP contribution in [0.2, 0.25) is 0 Å². The van der Waals surface area contributed by atoms with E-state index in [9.17, 15) is 14.7 Å². The fourth-order valence-corrected chi connectivity index (χ4v) is 6.52. The van der Waals surface area contributed by atoms with E-state index in [-0.39, 0.29) is 30.8 Å². The van der Waals surface area contributed by atoms with Gasteiger partial charge in [0.15, 0.2) is 6.29 Å². The molecule has 3 fully saturated rings. The van der Waals surface area contributed by atoms with E-state index < -0.39 is 11.8 Å². The van der Waals surface area contributed by atoms with Gasteiger partial charge in [0.05, 0.1) is 25.5 Å². The summed E-state index contributed by atoms with van der Waals surface area (Å²) >= 11 is 0. The van der Waals surface area contributed by atoms with Crippen molar-refractivity contribution in [2.45, 2.75) is 56.8 Å². The monoisotopic (exact) mass is 599 g/mol. The summed E-state index contributed by atoms with van der Waals surface area (Å²) in [5.74, 6) is 0.111. The van der Waals surface area contributed by atoms with E-state index in [1.807, 2.05) is 73.7 Å². The zero-order valence-corrected chi connectivity index (χ0v) is 25.1. The van der Waals surface area contributed by atoms with Crippen molar-refractivity contribution in [3.05, 3.63) is 95.6 Å². The number of aliphatic hydroxyl groups excluding tert-OH is 1. The van der Waals surface area contributed by atoms with E-state index in [0.717, 1.165) is 54.9 Å². The number of para-hydroxylation sites is 1. The zero-order chi connectivity index (χ0) is 30.5. The number of anilines is 2. The highest BCUT2D eigenvalue weighted by atomic mass is 16.7. The molecule has 3 aliphatic rings. The van der Waals surface area contributed by atoms with Crippen molar-refractivity contribution in [3.8, 4) is 0 Å². The lowest BCUT2D eigenvalue weighted by Gasteiger charge is -2.45. The van der Waals surface area contributed by atoms with Crippen LogP contribution in [0.4, 0.5) is 16.2 Å². The maximum atomic E-state index is 13.1. The van der Waals surface area contributed by atoms with Crippen molar-refractivity contribution in [1.82, 2.24) is 15.5 Å². The van der Waals surface area contributed by atoms with Gasteiger partial charge in [-0.3, -0.25) is 4.79 Å². The van der Waals surface area contributed by atoms with E-state index in [0.29, 0.717) is 25.3 Å². The number of amides is 3. The van der Waals surface area contributed by atoms with Crippen LogP contribution in [0.3, 0.4) is 0 Å². The standard InChI is InChI=1S/C34H41N5O5/c1-2-35-33(42)37-27-14-12-26(13-15-27)31-43-29(20-30(44-31)25-10-8-24(22-40)9-11-25)21-38-18-16-34(17-19-38)32(41)36-23-39(34)28-6-4-3-5-7-28/h3-15,29-31,40H,2,16-23H2,1H3,(H,36,41)(H2,35,37,42)/t29-,30+,31+/m1/s1. The van der Waals surface area contributed by atoms with Gasteiger partial charge in [0, 0.05) is 49.5 Å². The van der Waals surface area contributed by atoms with Gasteiger partial charge in [0.25, 0.3) is 0 Å². The van der Waals surface area contributed by atoms with E-state index in [1.54, 1.807) is 0 Å². The molecule has 1 spiro atoms. The number of nitrogens with zero attached hydrogens (tertiary/aromatic N) is 2. The van der Waals surface area contributed by atoms with Gasteiger partial charge in [-0.1, -0.05) is 54.6 Å². The van der Waals surface area contributed by atoms with Crippen LogP contribution in [0.5, 0.6) is 0 Å². The number of ether oxygens (including phenoxy) is 2. The lowest BCUT2D eigenvalue weighted by molar-refractivity contribution is -0.253. The highest BCUT2D eigenvalue weighted by Crippen LogP contribution is 2.40. The van der Waals surface area contributed by atoms with E-state index in [1.165, 1.54) is 0 Å². The molecule has 3 amide bonds. The molecule has 44 heavy (non-hydrogen) atoms. The zero-order valence-electron chi connectivity index (χ0n) is 25.1. The molecule has 10 heteroatoms. The molecule has 6 rings (SSSR count). The van der Waals surface area contributed by atoms with Gasteiger partial charge in [0.2, 0.25) is 5.91 Å². The van der Waals surface area contributed by atoms with E-state index >= 15 is 0 Å². The van der Waals surface area contributed by atoms with Crippen LogP contribution in [0, 0.1) is 0 Å². The number of carbonyl (C=O) groups excluding carboxylic acids is 2. The smallest absolute Gasteiger partial charge is 0.319 e. The Morgan fingerprint density at radius 1 is 0.977 bits per heavy atom. The van der Waals surface area contributed by atoms with Gasteiger partial charge in [-0.05, 0) is 55.2 Å². The highest BCUT2D eigenvalue weighted by Gasteiger charge is 2.50. The summed E-state index contributed by atoms with van der Waals surface area (Å²) in [4.78, 5) is 29.7. The fourth-order valence-electron chi connectivity index (χ4n) is 6.52. The summed E-state index contributed by atoms with van der Waals surface area (Å²) < 4.78 is 13.1. The number of carbonyl (C=O) groups is 2. The lowest BCUT2D eigenvalue weighted by Crippen LogP contribution is -2.57. The summed E-state index contributed by atoms with van der Waals surface area (Å²) in [6.07, 6.45) is 1.30. The summed E-state index contributed by atoms with van der Waals surface area (Å²) in [5, 5.41) is 18.2. The first kappa shape index (κ1) is 30.1. The molecule has 3 aromatic carbocycles. The molecule has 0 unspecified atom stereocenters. The molecule has 0 aromatic heterocycles. The Morgan fingerprint density at radius 2 is 1.68 bits per heavy atom. The molecule has 3 aromatic rings. The van der Waals surface area contributed by atoms with E-state index in [4.69, 9.17) is 9.47 Å². The summed E-state index contributed by atoms with van der Waals surface area (Å²) in [5.41, 5.74) is 3.98. The Bertz CT molecular complexity index is 1410. The van der Waals surface area contributed by atoms with Crippen LogP contribution in [0.15, 0.2) is 78.9 Å². The minimum atomic E-state index is -0.583. The SMILES string of the molecule is CCNC(=O)Nc1ccc([C@H]2O[C@@H](CN3CCC4(CC3)C(=O)NCN4c3ccccc3)C[C@@H](c3ccc(CO)cc3)O2)cc1. The Morgan fingerprint density at radius 3 is 2.36 bits per heavy atom. The number of hydrogen-bond acceptors (Lipinski definition) is 7. The molecule has 3 aliphatic heterocycles. The number of benzene rings is 3. The third kappa shape index (κ3) is 6.44. The average Bonchev–Trinajstić information content (AvgIpc) is 3.37. The Labute approximate surface area is 258 Å². The predicted molar refractivity (Wildman–Crippen MR) is 168 cm³/mol. The van der Waals surface area contributed by atoms with Crippen molar-refractivity contribution in [1.29, 1.82) is 0 Å². The number of piperidine rings is 1. The molecule has 232 valence electrons. The van der Waals surface area contributed by atoms with Gasteiger partial charge in [-0.25, -0.2) is 4.79 Å². The largest absolute Gasteiger partial charge is 0.392 e. The number of hydrogen-bond donors (Lipinski definition) is 4. The first-order valence-electron chi connectivity index (χ1n) is 15.5. The van der Waals surface area contributed by atoms with Crippen LogP contribution in [-0.2, 0) is 20.9 Å². The molecule has 3 saturated heterocycles. The van der Waals surface area contributed by atoms with Crippen LogP contribution < -0.4 is 20.9 Å². The van der Waals surface area contributed by atoms with Crippen molar-refractivity contribution in [2.24, 2.45) is 0 Å². The average molecular weight is 600 g/mol. The van der Waals surface area contributed by atoms with Crippen molar-refractivity contribution in [3.63, 3.8) is 0 Å². The first-order valence-corrected chi connectivity index (χ1v) is 15.5. The number of nitrogens with one attached hydrogen (secondary N) is 3. The number of rotatable bonds is 8. The molecule has 3 atom stereocenters. The molecule has 3 heterocycles. The molecule has 0 saturated carbocycles. The van der Waals surface area contributed by atoms with E-state index in [2.05, 4.69) is 37.9 Å². The van der Waals surface area contributed by atoms with Crippen LogP contribution in [-0.4, -0.2) is 66.4 Å². The summed E-state index contributed by atoms with van der Waals surface area (Å²) in [7, 11) is 0. The maximum absolute atomic E-state index is 13.1. The van der Waals surface area contributed by atoms with Gasteiger partial charge in [0.1, 0.15) is 5.54 Å². The molecule has 0 radical (unpaired) electrons. The molecular weight excluding hydrogens is 558 g/mol. The second-order valence-electron chi connectivity index (χ2n) is 11.7. The topological polar surface area (TPSA) is 115 Å². The van der Waals surface area contributed by atoms with Crippen LogP contribution >= 0.6 is 0 Å². The van der Waals surface area contributed by atoms with Crippen molar-refractivity contribution < 1.29 is 24.2 Å². The normalized spacial score (nSPS) is 23.4. The number of aliphatic hydroxyl groups is 1. The minimum Gasteiger partial charge on any atom is -0.392 e. The Kier molecular flexibility index (Phi) is 9.13. The third-order valence-electron chi connectivity index (χ3n) is 8.94. The van der Waals surface area contributed by atoms with Gasteiger partial charge in [-0.2, -0.15) is 0 Å². The van der Waals surface area contributed by atoms with Gasteiger partial charge >= 0.3 is 6.03 Å². The number of likely N-dealkylation sites (tertiary alicyclic amines) is 1. The summed E-state index contributed by atoms with van der Waals surface area (Å²) in [6.45, 7) is 5.25. The predicted octanol–water partition coefficient (Wildman–Crippen LogP) is 4.29. The lowest BCUT2D eigenvalue weighted by atomic mass is 9.85. The minimum absolute atomic E-state index is 0.00694. The molecule has 0 bridgehead atoms. The first-order chi connectivity index (χ1) is 21.5. The quantitative estimate of drug-likeness (QED) is 0.305. The molecular formula is C34H41N5O5. The fraction of sp³-hybridized carbons (Fsp3) is 0.412. The number of urea groups is 1. The van der Waals surface area contributed by atoms with Crippen LogP contribution in [0.1, 0.15) is 55.3 Å².